The minimum Gasteiger partial charge on any atom is -0.462 e. The van der Waals surface area contributed by atoms with E-state index in [9.17, 15) is 14.4 Å². The lowest BCUT2D eigenvalue weighted by atomic mass is 10.2. The van der Waals surface area contributed by atoms with E-state index in [0.29, 0.717) is 17.9 Å². The average molecular weight is 399 g/mol. The number of benzene rings is 2. The minimum atomic E-state index is -0.559. The van der Waals surface area contributed by atoms with Crippen LogP contribution in [0.1, 0.15) is 29.3 Å². The number of amides is 2. The van der Waals surface area contributed by atoms with Crippen LogP contribution in [0.4, 0.5) is 5.69 Å². The van der Waals surface area contributed by atoms with Crippen molar-refractivity contribution in [2.45, 2.75) is 19.9 Å². The normalized spacial score (nSPS) is 13.9. The van der Waals surface area contributed by atoms with Gasteiger partial charge in [-0.15, -0.1) is 0 Å². The van der Waals surface area contributed by atoms with Crippen LogP contribution in [-0.4, -0.2) is 29.3 Å². The molecule has 2 amide bonds. The minimum absolute atomic E-state index is 0.0123. The van der Waals surface area contributed by atoms with Gasteiger partial charge in [0.25, 0.3) is 11.8 Å². The highest BCUT2D eigenvalue weighted by molar-refractivity contribution is 6.48. The maximum Gasteiger partial charge on any atom is 0.338 e. The molecule has 1 aliphatic rings. The number of nitrogens with zero attached hydrogens (tertiary/aromatic N) is 1. The standard InChI is InChI=1S/C21H19ClN2O4/c1-2-11-28-21(27)15-9-6-10-16(12-15)23-18-17(22)19(25)24(20(18)26)13-14-7-4-3-5-8-14/h3-10,12,23H,2,11,13H2,1H3. The fourth-order valence-corrected chi connectivity index (χ4v) is 2.94. The Morgan fingerprint density at radius 3 is 2.54 bits per heavy atom. The Kier molecular flexibility index (Phi) is 6.11. The van der Waals surface area contributed by atoms with Crippen molar-refractivity contribution in [1.82, 2.24) is 4.90 Å². The van der Waals surface area contributed by atoms with Gasteiger partial charge in [-0.25, -0.2) is 4.79 Å². The van der Waals surface area contributed by atoms with Gasteiger partial charge in [0.15, 0.2) is 0 Å². The van der Waals surface area contributed by atoms with E-state index < -0.39 is 17.8 Å². The molecule has 0 fully saturated rings. The topological polar surface area (TPSA) is 75.7 Å². The van der Waals surface area contributed by atoms with Crippen LogP contribution < -0.4 is 5.32 Å². The molecule has 0 unspecified atom stereocenters. The monoisotopic (exact) mass is 398 g/mol. The Morgan fingerprint density at radius 1 is 1.07 bits per heavy atom. The number of ether oxygens (including phenoxy) is 1. The summed E-state index contributed by atoms with van der Waals surface area (Å²) in [6.45, 7) is 2.36. The molecule has 7 heteroatoms. The SMILES string of the molecule is CCCOC(=O)c1cccc(NC2=C(Cl)C(=O)N(Cc3ccccc3)C2=O)c1. The van der Waals surface area contributed by atoms with E-state index in [-0.39, 0.29) is 17.3 Å². The highest BCUT2D eigenvalue weighted by Crippen LogP contribution is 2.27. The summed E-state index contributed by atoms with van der Waals surface area (Å²) in [5.41, 5.74) is 1.60. The number of rotatable bonds is 7. The van der Waals surface area contributed by atoms with Crippen molar-refractivity contribution < 1.29 is 19.1 Å². The van der Waals surface area contributed by atoms with Gasteiger partial charge < -0.3 is 10.1 Å². The van der Waals surface area contributed by atoms with Crippen LogP contribution in [0.5, 0.6) is 0 Å². The average Bonchev–Trinajstić information content (AvgIpc) is 2.91. The second kappa shape index (κ2) is 8.71. The number of nitrogens with one attached hydrogen (secondary N) is 1. The molecule has 0 saturated carbocycles. The zero-order valence-electron chi connectivity index (χ0n) is 15.3. The highest BCUT2D eigenvalue weighted by Gasteiger charge is 2.37. The van der Waals surface area contributed by atoms with Crippen molar-refractivity contribution in [2.75, 3.05) is 11.9 Å². The third-order valence-corrected chi connectivity index (χ3v) is 4.45. The van der Waals surface area contributed by atoms with Crippen LogP contribution in [0.15, 0.2) is 65.3 Å². The van der Waals surface area contributed by atoms with E-state index >= 15 is 0 Å². The van der Waals surface area contributed by atoms with E-state index in [1.165, 1.54) is 0 Å². The largest absolute Gasteiger partial charge is 0.462 e. The molecule has 144 valence electrons. The van der Waals surface area contributed by atoms with Gasteiger partial charge in [-0.05, 0) is 30.2 Å². The molecule has 0 saturated heterocycles. The predicted octanol–water partition coefficient (Wildman–Crippen LogP) is 3.68. The number of anilines is 1. The lowest BCUT2D eigenvalue weighted by Crippen LogP contribution is -2.31. The van der Waals surface area contributed by atoms with Crippen LogP contribution in [-0.2, 0) is 20.9 Å². The van der Waals surface area contributed by atoms with E-state index in [2.05, 4.69) is 5.32 Å². The first-order chi connectivity index (χ1) is 13.5. The Hall–Kier alpha value is -3.12. The van der Waals surface area contributed by atoms with Crippen LogP contribution >= 0.6 is 11.6 Å². The molecule has 0 radical (unpaired) electrons. The van der Waals surface area contributed by atoms with E-state index in [0.717, 1.165) is 16.9 Å². The number of esters is 1. The molecule has 0 aliphatic carbocycles. The molecule has 1 aliphatic heterocycles. The smallest absolute Gasteiger partial charge is 0.338 e. The summed E-state index contributed by atoms with van der Waals surface area (Å²) in [5.74, 6) is -1.53. The van der Waals surface area contributed by atoms with Crippen molar-refractivity contribution in [1.29, 1.82) is 0 Å². The van der Waals surface area contributed by atoms with Crippen molar-refractivity contribution in [3.8, 4) is 0 Å². The molecule has 0 spiro atoms. The predicted molar refractivity (Wildman–Crippen MR) is 106 cm³/mol. The zero-order chi connectivity index (χ0) is 20.1. The first-order valence-electron chi connectivity index (χ1n) is 8.85. The summed E-state index contributed by atoms with van der Waals surface area (Å²) in [6, 6.07) is 15.7. The third-order valence-electron chi connectivity index (χ3n) is 4.10. The number of hydrogen-bond donors (Lipinski definition) is 1. The van der Waals surface area contributed by atoms with Gasteiger partial charge in [0.05, 0.1) is 18.7 Å². The molecule has 6 nitrogen and oxygen atoms in total. The maximum atomic E-state index is 12.7. The number of imide groups is 1. The van der Waals surface area contributed by atoms with Crippen LogP contribution in [0.25, 0.3) is 0 Å². The fourth-order valence-electron chi connectivity index (χ4n) is 2.71. The van der Waals surface area contributed by atoms with Crippen molar-refractivity contribution >= 4 is 35.1 Å². The summed E-state index contributed by atoms with van der Waals surface area (Å²) in [7, 11) is 0. The highest BCUT2D eigenvalue weighted by atomic mass is 35.5. The molecule has 28 heavy (non-hydrogen) atoms. The van der Waals surface area contributed by atoms with Crippen molar-refractivity contribution in [3.05, 3.63) is 76.5 Å². The Bertz CT molecular complexity index is 940. The Labute approximate surface area is 167 Å². The molecule has 2 aromatic carbocycles. The van der Waals surface area contributed by atoms with Gasteiger partial charge >= 0.3 is 5.97 Å². The van der Waals surface area contributed by atoms with Crippen molar-refractivity contribution in [2.24, 2.45) is 0 Å². The second-order valence-electron chi connectivity index (χ2n) is 6.21. The third kappa shape index (κ3) is 4.23. The van der Waals surface area contributed by atoms with Gasteiger partial charge in [0.1, 0.15) is 10.7 Å². The van der Waals surface area contributed by atoms with Crippen LogP contribution in [0.3, 0.4) is 0 Å². The summed E-state index contributed by atoms with van der Waals surface area (Å²) in [5, 5.41) is 2.69. The van der Waals surface area contributed by atoms with Gasteiger partial charge in [0.2, 0.25) is 0 Å². The summed E-state index contributed by atoms with van der Waals surface area (Å²) in [6.07, 6.45) is 0.722. The molecule has 0 atom stereocenters. The summed E-state index contributed by atoms with van der Waals surface area (Å²) >= 11 is 6.12. The molecule has 1 heterocycles. The lowest BCUT2D eigenvalue weighted by Gasteiger charge is -2.15. The van der Waals surface area contributed by atoms with Gasteiger partial charge in [-0.3, -0.25) is 14.5 Å². The van der Waals surface area contributed by atoms with E-state index in [1.54, 1.807) is 24.3 Å². The van der Waals surface area contributed by atoms with Crippen LogP contribution in [0.2, 0.25) is 0 Å². The molecule has 0 aromatic heterocycles. The summed E-state index contributed by atoms with van der Waals surface area (Å²) in [4.78, 5) is 38.2. The van der Waals surface area contributed by atoms with Gasteiger partial charge in [-0.2, -0.15) is 0 Å². The Balaban J connectivity index is 1.76. The molecular formula is C21H19ClN2O4. The van der Waals surface area contributed by atoms with Crippen molar-refractivity contribution in [3.63, 3.8) is 0 Å². The van der Waals surface area contributed by atoms with E-state index in [4.69, 9.17) is 16.3 Å². The number of carbonyl (C=O) groups is 3. The Morgan fingerprint density at radius 2 is 1.82 bits per heavy atom. The lowest BCUT2D eigenvalue weighted by molar-refractivity contribution is -0.138. The quantitative estimate of drug-likeness (QED) is 0.568. The molecule has 2 aromatic rings. The number of carbonyl (C=O) groups excluding carboxylic acids is 3. The fraction of sp³-hybridized carbons (Fsp3) is 0.190. The van der Waals surface area contributed by atoms with Crippen LogP contribution in [0, 0.1) is 0 Å². The van der Waals surface area contributed by atoms with Gasteiger partial charge in [0, 0.05) is 5.69 Å². The molecule has 0 bridgehead atoms. The molecule has 1 N–H and O–H groups in total. The molecular weight excluding hydrogens is 380 g/mol. The number of halogens is 1. The summed E-state index contributed by atoms with van der Waals surface area (Å²) < 4.78 is 5.11. The number of hydrogen-bond acceptors (Lipinski definition) is 5. The molecule has 3 rings (SSSR count). The first kappa shape index (κ1) is 19.6. The zero-order valence-corrected chi connectivity index (χ0v) is 16.0. The van der Waals surface area contributed by atoms with Gasteiger partial charge in [-0.1, -0.05) is 54.9 Å². The second-order valence-corrected chi connectivity index (χ2v) is 6.59. The first-order valence-corrected chi connectivity index (χ1v) is 9.23. The van der Waals surface area contributed by atoms with E-state index in [1.807, 2.05) is 37.3 Å². The maximum absolute atomic E-state index is 12.7.